The molecule has 0 aliphatic carbocycles. The second kappa shape index (κ2) is 14.4. The van der Waals surface area contributed by atoms with Crippen molar-refractivity contribution < 1.29 is 34.7 Å². The molecule has 50 heavy (non-hydrogen) atoms. The standard InChI is InChI=1S/C38H36N2O8S2/c1-26-12-16-32(17-13-26)49(42,43)47-31-20-35(46-25-28-8-5-4-6-9-28)37(36(21-31)48-50(44,45)33-18-14-27(2)15-19-33)38(41)40-23-30-11-7-10-29(22-39-3)34(30)24-40/h4-21,39H,22-25H2,1-3H3. The summed E-state index contributed by atoms with van der Waals surface area (Å²) in [5.74, 6) is -1.43. The molecule has 1 aliphatic rings. The molecule has 1 N–H and O–H groups in total. The predicted molar refractivity (Wildman–Crippen MR) is 188 cm³/mol. The number of amides is 1. The van der Waals surface area contributed by atoms with Gasteiger partial charge in [0.1, 0.15) is 33.5 Å². The van der Waals surface area contributed by atoms with Crippen LogP contribution in [0.1, 0.15) is 43.7 Å². The Morgan fingerprint density at radius 2 is 1.32 bits per heavy atom. The van der Waals surface area contributed by atoms with Gasteiger partial charge in [-0.2, -0.15) is 16.8 Å². The highest BCUT2D eigenvalue weighted by Gasteiger charge is 2.33. The van der Waals surface area contributed by atoms with Crippen molar-refractivity contribution in [2.24, 2.45) is 0 Å². The summed E-state index contributed by atoms with van der Waals surface area (Å²) in [7, 11) is -7.06. The van der Waals surface area contributed by atoms with Crippen LogP contribution in [0.5, 0.6) is 17.2 Å². The molecule has 0 saturated heterocycles. The van der Waals surface area contributed by atoms with Crippen LogP contribution in [0.4, 0.5) is 0 Å². The number of aryl methyl sites for hydroxylation is 2. The Morgan fingerprint density at radius 1 is 0.720 bits per heavy atom. The zero-order valence-corrected chi connectivity index (χ0v) is 29.4. The van der Waals surface area contributed by atoms with Gasteiger partial charge in [-0.15, -0.1) is 0 Å². The number of benzene rings is 5. The van der Waals surface area contributed by atoms with E-state index in [-0.39, 0.29) is 46.5 Å². The summed E-state index contributed by atoms with van der Waals surface area (Å²) in [6.07, 6.45) is 0. The number of nitrogens with one attached hydrogen (secondary N) is 1. The first-order valence-electron chi connectivity index (χ1n) is 15.8. The van der Waals surface area contributed by atoms with E-state index >= 15 is 0 Å². The first kappa shape index (κ1) is 34.7. The number of hydrogen-bond acceptors (Lipinski definition) is 9. The number of rotatable bonds is 12. The summed E-state index contributed by atoms with van der Waals surface area (Å²) >= 11 is 0. The van der Waals surface area contributed by atoms with Gasteiger partial charge in [0.15, 0.2) is 5.75 Å². The van der Waals surface area contributed by atoms with Crippen LogP contribution in [-0.2, 0) is 46.5 Å². The normalized spacial score (nSPS) is 12.7. The molecule has 5 aromatic rings. The van der Waals surface area contributed by atoms with E-state index in [0.29, 0.717) is 6.54 Å². The molecule has 1 amide bonds. The SMILES string of the molecule is CNCc1cccc2c1CN(C(=O)c1c(OCc3ccccc3)cc(OS(=O)(=O)c3ccc(C)cc3)cc1OS(=O)(=O)c1ccc(C)cc1)C2. The van der Waals surface area contributed by atoms with E-state index in [1.165, 1.54) is 30.3 Å². The van der Waals surface area contributed by atoms with E-state index in [0.717, 1.165) is 39.4 Å². The van der Waals surface area contributed by atoms with Gasteiger partial charge < -0.3 is 23.3 Å². The Hall–Kier alpha value is -5.17. The minimum Gasteiger partial charge on any atom is -0.488 e. The van der Waals surface area contributed by atoms with Crippen LogP contribution < -0.4 is 18.4 Å². The monoisotopic (exact) mass is 712 g/mol. The third-order valence-corrected chi connectivity index (χ3v) is 10.8. The summed E-state index contributed by atoms with van der Waals surface area (Å²) < 4.78 is 71.6. The van der Waals surface area contributed by atoms with Crippen LogP contribution >= 0.6 is 0 Å². The molecule has 1 heterocycles. The van der Waals surface area contributed by atoms with Gasteiger partial charge in [0.2, 0.25) is 0 Å². The second-order valence-corrected chi connectivity index (χ2v) is 15.1. The minimum atomic E-state index is -4.52. The minimum absolute atomic E-state index is 0.0218. The number of carbonyl (C=O) groups is 1. The molecule has 1 aliphatic heterocycles. The molecule has 0 radical (unpaired) electrons. The zero-order chi connectivity index (χ0) is 35.5. The van der Waals surface area contributed by atoms with Crippen molar-refractivity contribution in [3.63, 3.8) is 0 Å². The first-order chi connectivity index (χ1) is 23.9. The van der Waals surface area contributed by atoms with Crippen molar-refractivity contribution >= 4 is 26.1 Å². The third-order valence-electron chi connectivity index (χ3n) is 8.25. The molecule has 0 spiro atoms. The summed E-state index contributed by atoms with van der Waals surface area (Å²) in [6, 6.07) is 29.5. The van der Waals surface area contributed by atoms with Gasteiger partial charge in [-0.3, -0.25) is 4.79 Å². The highest BCUT2D eigenvalue weighted by molar-refractivity contribution is 7.87. The fourth-order valence-corrected chi connectivity index (χ4v) is 7.49. The van der Waals surface area contributed by atoms with Crippen LogP contribution in [0.15, 0.2) is 119 Å². The largest absolute Gasteiger partial charge is 0.488 e. The lowest BCUT2D eigenvalue weighted by Gasteiger charge is -2.22. The van der Waals surface area contributed by atoms with Crippen molar-refractivity contribution in [3.8, 4) is 17.2 Å². The molecule has 0 saturated carbocycles. The van der Waals surface area contributed by atoms with Gasteiger partial charge in [0, 0.05) is 31.8 Å². The number of hydrogen-bond donors (Lipinski definition) is 1. The maximum Gasteiger partial charge on any atom is 0.339 e. The molecule has 0 bridgehead atoms. The molecule has 10 nitrogen and oxygen atoms in total. The van der Waals surface area contributed by atoms with Gasteiger partial charge in [-0.1, -0.05) is 83.9 Å². The third kappa shape index (κ3) is 7.67. The van der Waals surface area contributed by atoms with E-state index in [1.807, 2.05) is 69.4 Å². The summed E-state index contributed by atoms with van der Waals surface area (Å²) in [4.78, 5) is 15.9. The lowest BCUT2D eigenvalue weighted by atomic mass is 10.0. The van der Waals surface area contributed by atoms with Crippen molar-refractivity contribution in [2.75, 3.05) is 7.05 Å². The Balaban J connectivity index is 1.47. The van der Waals surface area contributed by atoms with Gasteiger partial charge in [-0.25, -0.2) is 0 Å². The quantitative estimate of drug-likeness (QED) is 0.148. The Bertz CT molecular complexity index is 2240. The van der Waals surface area contributed by atoms with Crippen LogP contribution in [0.3, 0.4) is 0 Å². The van der Waals surface area contributed by atoms with Crippen molar-refractivity contribution in [1.82, 2.24) is 10.2 Å². The number of fused-ring (bicyclic) bond motifs is 1. The maximum atomic E-state index is 14.6. The van der Waals surface area contributed by atoms with Gasteiger partial charge in [-0.05, 0) is 67.4 Å². The van der Waals surface area contributed by atoms with E-state index in [2.05, 4.69) is 5.32 Å². The number of carbonyl (C=O) groups excluding carboxylic acids is 1. The van der Waals surface area contributed by atoms with Crippen LogP contribution in [-0.4, -0.2) is 34.7 Å². The highest BCUT2D eigenvalue weighted by atomic mass is 32.2. The topological polar surface area (TPSA) is 128 Å². The van der Waals surface area contributed by atoms with Gasteiger partial charge in [0.05, 0.1) is 0 Å². The van der Waals surface area contributed by atoms with Gasteiger partial charge >= 0.3 is 20.2 Å². The van der Waals surface area contributed by atoms with Crippen LogP contribution in [0.2, 0.25) is 0 Å². The lowest BCUT2D eigenvalue weighted by Crippen LogP contribution is -2.27. The highest BCUT2D eigenvalue weighted by Crippen LogP contribution is 2.40. The summed E-state index contributed by atoms with van der Waals surface area (Å²) in [6.45, 7) is 4.73. The smallest absolute Gasteiger partial charge is 0.339 e. The average molecular weight is 713 g/mol. The number of nitrogens with zero attached hydrogens (tertiary/aromatic N) is 1. The molecular formula is C38H36N2O8S2. The summed E-state index contributed by atoms with van der Waals surface area (Å²) in [5, 5.41) is 3.15. The van der Waals surface area contributed by atoms with Crippen molar-refractivity contribution in [3.05, 3.63) is 148 Å². The Morgan fingerprint density at radius 3 is 1.94 bits per heavy atom. The molecule has 258 valence electrons. The molecule has 0 aromatic heterocycles. The predicted octanol–water partition coefficient (Wildman–Crippen LogP) is 6.29. The maximum absolute atomic E-state index is 14.6. The Labute approximate surface area is 292 Å². The first-order valence-corrected chi connectivity index (χ1v) is 18.7. The molecule has 5 aromatic carbocycles. The van der Waals surface area contributed by atoms with Crippen molar-refractivity contribution in [2.45, 2.75) is 49.9 Å². The van der Waals surface area contributed by atoms with E-state index in [9.17, 15) is 21.6 Å². The zero-order valence-electron chi connectivity index (χ0n) is 27.8. The summed E-state index contributed by atoms with van der Waals surface area (Å²) in [5.41, 5.74) is 5.22. The van der Waals surface area contributed by atoms with Gasteiger partial charge in [0.25, 0.3) is 5.91 Å². The molecule has 0 unspecified atom stereocenters. The van der Waals surface area contributed by atoms with Crippen molar-refractivity contribution in [1.29, 1.82) is 0 Å². The molecule has 0 fully saturated rings. The van der Waals surface area contributed by atoms with E-state index < -0.39 is 31.9 Å². The fraction of sp³-hybridized carbons (Fsp3) is 0.184. The molecule has 12 heteroatoms. The second-order valence-electron chi connectivity index (χ2n) is 12.0. The van der Waals surface area contributed by atoms with Crippen LogP contribution in [0.25, 0.3) is 0 Å². The Kier molecular flexibility index (Phi) is 9.96. The average Bonchev–Trinajstić information content (AvgIpc) is 3.53. The van der Waals surface area contributed by atoms with E-state index in [4.69, 9.17) is 13.1 Å². The molecular weight excluding hydrogens is 677 g/mol. The molecule has 0 atom stereocenters. The molecule has 6 rings (SSSR count). The lowest BCUT2D eigenvalue weighted by molar-refractivity contribution is 0.0744. The fourth-order valence-electron chi connectivity index (χ4n) is 5.64. The van der Waals surface area contributed by atoms with E-state index in [1.54, 1.807) is 29.2 Å². The van der Waals surface area contributed by atoms with Crippen LogP contribution in [0, 0.1) is 13.8 Å². The number of ether oxygens (including phenoxy) is 1.